The van der Waals surface area contributed by atoms with Crippen LogP contribution in [0.25, 0.3) is 0 Å². The van der Waals surface area contributed by atoms with Crippen LogP contribution in [0.1, 0.15) is 43.2 Å². The first kappa shape index (κ1) is 19.2. The minimum absolute atomic E-state index is 0.323. The highest BCUT2D eigenvalue weighted by Crippen LogP contribution is 2.57. The van der Waals surface area contributed by atoms with Gasteiger partial charge in [0.15, 0.2) is 0 Å². The van der Waals surface area contributed by atoms with Gasteiger partial charge in [0, 0.05) is 23.7 Å². The van der Waals surface area contributed by atoms with E-state index >= 15 is 0 Å². The highest BCUT2D eigenvalue weighted by atomic mass is 16.5. The van der Waals surface area contributed by atoms with Gasteiger partial charge in [-0.15, -0.1) is 0 Å². The van der Waals surface area contributed by atoms with E-state index in [1.165, 1.54) is 0 Å². The van der Waals surface area contributed by atoms with E-state index in [4.69, 9.17) is 4.74 Å². The predicted octanol–water partition coefficient (Wildman–Crippen LogP) is 3.14. The summed E-state index contributed by atoms with van der Waals surface area (Å²) in [5.74, 6) is -3.16. The van der Waals surface area contributed by atoms with Gasteiger partial charge in [-0.05, 0) is 23.5 Å². The van der Waals surface area contributed by atoms with Crippen molar-refractivity contribution in [2.45, 2.75) is 32.1 Å². The summed E-state index contributed by atoms with van der Waals surface area (Å²) in [7, 11) is 0. The van der Waals surface area contributed by atoms with Crippen LogP contribution >= 0.6 is 0 Å². The molecule has 1 aliphatic rings. The summed E-state index contributed by atoms with van der Waals surface area (Å²) in [5.41, 5.74) is 1.68. The molecule has 0 bridgehead atoms. The summed E-state index contributed by atoms with van der Waals surface area (Å²) in [4.78, 5) is 24.9. The summed E-state index contributed by atoms with van der Waals surface area (Å²) in [5, 5.41) is 12.0. The summed E-state index contributed by atoms with van der Waals surface area (Å²) in [6.07, 6.45) is 0.786. The summed E-state index contributed by atoms with van der Waals surface area (Å²) in [6, 6.07) is 18.7. The van der Waals surface area contributed by atoms with Crippen molar-refractivity contribution >= 4 is 11.9 Å². The molecule has 0 N–H and O–H groups in total. The molecule has 1 aliphatic carbocycles. The minimum Gasteiger partial charge on any atom is -0.550 e. The molecule has 27 heavy (non-hydrogen) atoms. The second-order valence-corrected chi connectivity index (χ2v) is 7.59. The zero-order valence-corrected chi connectivity index (χ0v) is 15.7. The quantitative estimate of drug-likeness (QED) is 0.707. The van der Waals surface area contributed by atoms with Crippen molar-refractivity contribution in [1.82, 2.24) is 0 Å². The van der Waals surface area contributed by atoms with E-state index in [0.717, 1.165) is 17.5 Å². The van der Waals surface area contributed by atoms with Crippen LogP contribution in [0.5, 0.6) is 0 Å². The van der Waals surface area contributed by atoms with Crippen LogP contribution < -0.4 is 5.11 Å². The molecule has 2 aromatic rings. The van der Waals surface area contributed by atoms with Gasteiger partial charge in [-0.25, -0.2) is 0 Å². The molecule has 0 amide bonds. The lowest BCUT2D eigenvalue weighted by atomic mass is 9.52. The Labute approximate surface area is 160 Å². The van der Waals surface area contributed by atoms with Crippen molar-refractivity contribution in [2.75, 3.05) is 6.61 Å². The largest absolute Gasteiger partial charge is 0.550 e. The summed E-state index contributed by atoms with van der Waals surface area (Å²) >= 11 is 0. The van der Waals surface area contributed by atoms with Gasteiger partial charge < -0.3 is 14.6 Å². The molecule has 142 valence electrons. The summed E-state index contributed by atoms with van der Waals surface area (Å²) in [6.45, 7) is 4.50. The average Bonchev–Trinajstić information content (AvgIpc) is 2.62. The zero-order valence-electron chi connectivity index (χ0n) is 15.7. The molecule has 0 unspecified atom stereocenters. The highest BCUT2D eigenvalue weighted by molar-refractivity contribution is 5.83. The molecular weight excluding hydrogens is 340 g/mol. The maximum atomic E-state index is 12.9. The van der Waals surface area contributed by atoms with Gasteiger partial charge in [0.05, 0.1) is 12.5 Å². The highest BCUT2D eigenvalue weighted by Gasteiger charge is 2.56. The molecule has 0 aliphatic heterocycles. The number of carboxylic acid groups (broad SMARTS) is 1. The standard InChI is InChI=1S/C23H26O4/c1-15(2)13-14-27-23(26)21-18(16-9-5-3-6-10-16)20(22(24)25)19(21)17-11-7-4-8-12-17/h3-12,15,18-21H,13-14H2,1-2H3,(H,24,25)/p-1/t18-,19-,20?,21?/m1/s1. The number of carbonyl (C=O) groups excluding carboxylic acids is 2. The second-order valence-electron chi connectivity index (χ2n) is 7.59. The fourth-order valence-corrected chi connectivity index (χ4v) is 4.01. The van der Waals surface area contributed by atoms with Gasteiger partial charge in [0.2, 0.25) is 0 Å². The third-order valence-corrected chi connectivity index (χ3v) is 5.40. The van der Waals surface area contributed by atoms with E-state index in [1.54, 1.807) is 0 Å². The topological polar surface area (TPSA) is 66.4 Å². The lowest BCUT2D eigenvalue weighted by Crippen LogP contribution is -2.55. The number of benzene rings is 2. The first-order valence-corrected chi connectivity index (χ1v) is 9.48. The normalized spacial score (nSPS) is 24.3. The Morgan fingerprint density at radius 3 is 1.78 bits per heavy atom. The molecule has 0 aromatic heterocycles. The number of hydrogen-bond acceptors (Lipinski definition) is 4. The smallest absolute Gasteiger partial charge is 0.310 e. The van der Waals surface area contributed by atoms with Crippen molar-refractivity contribution in [3.63, 3.8) is 0 Å². The van der Waals surface area contributed by atoms with Gasteiger partial charge in [0.1, 0.15) is 0 Å². The molecule has 4 nitrogen and oxygen atoms in total. The fourth-order valence-electron chi connectivity index (χ4n) is 4.01. The van der Waals surface area contributed by atoms with Crippen molar-refractivity contribution in [2.24, 2.45) is 17.8 Å². The molecule has 0 radical (unpaired) electrons. The number of carbonyl (C=O) groups is 2. The first-order valence-electron chi connectivity index (χ1n) is 9.48. The van der Waals surface area contributed by atoms with E-state index in [9.17, 15) is 14.7 Å². The number of aliphatic carboxylic acids is 1. The van der Waals surface area contributed by atoms with Gasteiger partial charge >= 0.3 is 5.97 Å². The number of ether oxygens (including phenoxy) is 1. The fraction of sp³-hybridized carbons (Fsp3) is 0.391. The van der Waals surface area contributed by atoms with E-state index in [2.05, 4.69) is 13.8 Å². The molecule has 2 atom stereocenters. The monoisotopic (exact) mass is 365 g/mol. The molecule has 3 rings (SSSR count). The molecule has 4 heteroatoms. The Bertz CT molecular complexity index is 722. The van der Waals surface area contributed by atoms with Crippen LogP contribution in [0.4, 0.5) is 0 Å². The van der Waals surface area contributed by atoms with Gasteiger partial charge in [0.25, 0.3) is 0 Å². The number of esters is 1. The molecular formula is C23H25O4-. The van der Waals surface area contributed by atoms with Crippen molar-refractivity contribution < 1.29 is 19.4 Å². The van der Waals surface area contributed by atoms with E-state index in [1.807, 2.05) is 60.7 Å². The van der Waals surface area contributed by atoms with E-state index in [-0.39, 0.29) is 5.97 Å². The molecule has 0 saturated heterocycles. The molecule has 1 fully saturated rings. The lowest BCUT2D eigenvalue weighted by Gasteiger charge is -2.51. The van der Waals surface area contributed by atoms with Crippen LogP contribution in [0, 0.1) is 17.8 Å². The van der Waals surface area contributed by atoms with Crippen LogP contribution in [-0.4, -0.2) is 18.5 Å². The first-order chi connectivity index (χ1) is 13.0. The van der Waals surface area contributed by atoms with Crippen LogP contribution in [0.2, 0.25) is 0 Å². The number of hydrogen-bond donors (Lipinski definition) is 0. The maximum absolute atomic E-state index is 12.9. The molecule has 0 heterocycles. The lowest BCUT2D eigenvalue weighted by molar-refractivity contribution is -0.317. The van der Waals surface area contributed by atoms with Crippen molar-refractivity contribution in [1.29, 1.82) is 0 Å². The Morgan fingerprint density at radius 2 is 1.37 bits per heavy atom. The minimum atomic E-state index is -1.12. The molecule has 2 aromatic carbocycles. The summed E-state index contributed by atoms with van der Waals surface area (Å²) < 4.78 is 5.54. The van der Waals surface area contributed by atoms with E-state index in [0.29, 0.717) is 12.5 Å². The zero-order chi connectivity index (χ0) is 19.4. The van der Waals surface area contributed by atoms with Crippen LogP contribution in [-0.2, 0) is 14.3 Å². The van der Waals surface area contributed by atoms with E-state index < -0.39 is 29.6 Å². The van der Waals surface area contributed by atoms with Crippen LogP contribution in [0.15, 0.2) is 60.7 Å². The SMILES string of the molecule is CC(C)CCOC(=O)C1[C@H](c2ccccc2)C(C(=O)[O-])[C@H]1c1ccccc1. The number of rotatable bonds is 7. The third-order valence-electron chi connectivity index (χ3n) is 5.40. The Hall–Kier alpha value is -2.62. The average molecular weight is 365 g/mol. The maximum Gasteiger partial charge on any atom is 0.310 e. The van der Waals surface area contributed by atoms with Gasteiger partial charge in [-0.2, -0.15) is 0 Å². The molecule has 0 spiro atoms. The Balaban J connectivity index is 1.92. The Morgan fingerprint density at radius 1 is 0.889 bits per heavy atom. The predicted molar refractivity (Wildman–Crippen MR) is 101 cm³/mol. The molecule has 1 saturated carbocycles. The number of carboxylic acids is 1. The second kappa shape index (κ2) is 8.38. The van der Waals surface area contributed by atoms with Crippen LogP contribution in [0.3, 0.4) is 0 Å². The third kappa shape index (κ3) is 4.05. The van der Waals surface area contributed by atoms with Gasteiger partial charge in [-0.1, -0.05) is 74.5 Å². The Kier molecular flexibility index (Phi) is 5.94. The van der Waals surface area contributed by atoms with Crippen molar-refractivity contribution in [3.05, 3.63) is 71.8 Å². The van der Waals surface area contributed by atoms with Gasteiger partial charge in [-0.3, -0.25) is 4.79 Å². The van der Waals surface area contributed by atoms with Crippen molar-refractivity contribution in [3.8, 4) is 0 Å².